The van der Waals surface area contributed by atoms with E-state index in [9.17, 15) is 0 Å². The molecule has 0 amide bonds. The molecule has 0 unspecified atom stereocenters. The minimum Gasteiger partial charge on any atom is -0.399 e. The van der Waals surface area contributed by atoms with E-state index >= 15 is 0 Å². The average Bonchev–Trinajstić information content (AvgIpc) is 2.28. The van der Waals surface area contributed by atoms with Crippen LogP contribution in [-0.4, -0.2) is 28.2 Å². The molecule has 0 saturated carbocycles. The highest BCUT2D eigenvalue weighted by Gasteiger charge is 2.30. The fourth-order valence-corrected chi connectivity index (χ4v) is 1.15. The summed E-state index contributed by atoms with van der Waals surface area (Å²) >= 11 is 0. The van der Waals surface area contributed by atoms with Crippen LogP contribution in [0.5, 0.6) is 0 Å². The van der Waals surface area contributed by atoms with Crippen LogP contribution in [0.3, 0.4) is 0 Å². The zero-order valence-corrected chi connectivity index (χ0v) is 9.63. The van der Waals surface area contributed by atoms with E-state index in [1.165, 1.54) is 0 Å². The van der Waals surface area contributed by atoms with Gasteiger partial charge in [-0.05, 0) is 41.5 Å². The second kappa shape index (κ2) is 2.97. The molecule has 73 valence electrons. The molecule has 13 heavy (non-hydrogen) atoms. The van der Waals surface area contributed by atoms with Crippen LogP contribution in [0.15, 0.2) is 12.4 Å². The van der Waals surface area contributed by atoms with Crippen molar-refractivity contribution in [2.45, 2.75) is 52.6 Å². The van der Waals surface area contributed by atoms with Gasteiger partial charge >= 0.3 is 7.55 Å². The molecule has 0 aromatic carbocycles. The van der Waals surface area contributed by atoms with E-state index in [1.807, 2.05) is 0 Å². The van der Waals surface area contributed by atoms with Gasteiger partial charge < -0.3 is 9.62 Å². The quantitative estimate of drug-likeness (QED) is 0.526. The van der Waals surface area contributed by atoms with E-state index < -0.39 is 0 Å². The van der Waals surface area contributed by atoms with Gasteiger partial charge in [0, 0.05) is 23.5 Å². The first-order valence-electron chi connectivity index (χ1n) is 4.81. The molecule has 0 aromatic rings. The molecular weight excluding hydrogens is 159 g/mol. The van der Waals surface area contributed by atoms with Crippen LogP contribution in [0.2, 0.25) is 0 Å². The molecule has 1 aliphatic heterocycles. The Labute approximate surface area is 82.9 Å². The summed E-state index contributed by atoms with van der Waals surface area (Å²) in [5.74, 6) is 0. The van der Waals surface area contributed by atoms with Crippen molar-refractivity contribution in [3.63, 3.8) is 0 Å². The second-order valence-corrected chi connectivity index (χ2v) is 5.57. The monoisotopic (exact) mass is 179 g/mol. The predicted octanol–water partition coefficient (Wildman–Crippen LogP) is 2.21. The summed E-state index contributed by atoms with van der Waals surface area (Å²) in [7, 11) is 2.17. The Morgan fingerprint density at radius 2 is 1.08 bits per heavy atom. The highest BCUT2D eigenvalue weighted by atomic mass is 15.3. The van der Waals surface area contributed by atoms with Crippen molar-refractivity contribution in [1.29, 1.82) is 0 Å². The highest BCUT2D eigenvalue weighted by molar-refractivity contribution is 6.31. The molecule has 1 rings (SSSR count). The summed E-state index contributed by atoms with van der Waals surface area (Å²) in [5, 5.41) is 0. The summed E-state index contributed by atoms with van der Waals surface area (Å²) in [6, 6.07) is 0. The Kier molecular flexibility index (Phi) is 2.39. The lowest BCUT2D eigenvalue weighted by Crippen LogP contribution is -2.47. The first kappa shape index (κ1) is 10.5. The van der Waals surface area contributed by atoms with E-state index in [0.29, 0.717) is 0 Å². The van der Waals surface area contributed by atoms with Crippen molar-refractivity contribution in [2.24, 2.45) is 0 Å². The molecule has 0 aromatic heterocycles. The Morgan fingerprint density at radius 3 is 1.23 bits per heavy atom. The standard InChI is InChI=1S/C10H20BN2/c1-9(2,3)12-7-8-13(11-12)10(4,5)6/h7-8H,1-6H3. The summed E-state index contributed by atoms with van der Waals surface area (Å²) in [6.45, 7) is 13.3. The lowest BCUT2D eigenvalue weighted by atomic mass is 9.92. The van der Waals surface area contributed by atoms with Gasteiger partial charge in [0.15, 0.2) is 0 Å². The number of hydrogen-bond donors (Lipinski definition) is 0. The third-order valence-corrected chi connectivity index (χ3v) is 2.19. The normalized spacial score (nSPS) is 18.0. The van der Waals surface area contributed by atoms with E-state index in [2.05, 4.69) is 71.1 Å². The minimum atomic E-state index is 0.177. The number of nitrogens with zero attached hydrogens (tertiary/aromatic N) is 2. The van der Waals surface area contributed by atoms with Gasteiger partial charge in [0.2, 0.25) is 0 Å². The fourth-order valence-electron chi connectivity index (χ4n) is 1.15. The Hall–Kier alpha value is -0.595. The van der Waals surface area contributed by atoms with Gasteiger partial charge in [0.05, 0.1) is 0 Å². The SMILES string of the molecule is CC(C)(C)N1[B]N(C(C)(C)C)C=C1. The van der Waals surface area contributed by atoms with Crippen LogP contribution in [0.4, 0.5) is 0 Å². The van der Waals surface area contributed by atoms with E-state index in [4.69, 9.17) is 0 Å². The lowest BCUT2D eigenvalue weighted by Gasteiger charge is -2.36. The van der Waals surface area contributed by atoms with Crippen molar-refractivity contribution in [3.05, 3.63) is 12.4 Å². The largest absolute Gasteiger partial charge is 0.399 e. The topological polar surface area (TPSA) is 6.48 Å². The molecule has 1 heterocycles. The van der Waals surface area contributed by atoms with Gasteiger partial charge in [-0.2, -0.15) is 0 Å². The Morgan fingerprint density at radius 1 is 0.769 bits per heavy atom. The third kappa shape index (κ3) is 2.42. The van der Waals surface area contributed by atoms with Crippen LogP contribution >= 0.6 is 0 Å². The van der Waals surface area contributed by atoms with Crippen molar-refractivity contribution in [1.82, 2.24) is 9.62 Å². The highest BCUT2D eigenvalue weighted by Crippen LogP contribution is 2.22. The van der Waals surface area contributed by atoms with Gasteiger partial charge in [-0.1, -0.05) is 0 Å². The Bertz CT molecular complexity index is 188. The Balaban J connectivity index is 2.63. The molecule has 1 aliphatic rings. The average molecular weight is 179 g/mol. The predicted molar refractivity (Wildman–Crippen MR) is 58.1 cm³/mol. The lowest BCUT2D eigenvalue weighted by molar-refractivity contribution is 0.295. The summed E-state index contributed by atoms with van der Waals surface area (Å²) < 4.78 is 0. The molecule has 0 aliphatic carbocycles. The van der Waals surface area contributed by atoms with Gasteiger partial charge in [-0.3, -0.25) is 0 Å². The maximum absolute atomic E-state index is 2.23. The van der Waals surface area contributed by atoms with Crippen molar-refractivity contribution >= 4 is 7.55 Å². The van der Waals surface area contributed by atoms with Crippen molar-refractivity contribution in [3.8, 4) is 0 Å². The molecule has 0 N–H and O–H groups in total. The van der Waals surface area contributed by atoms with Crippen molar-refractivity contribution < 1.29 is 0 Å². The van der Waals surface area contributed by atoms with Crippen LogP contribution in [-0.2, 0) is 0 Å². The second-order valence-electron chi connectivity index (χ2n) is 5.57. The number of rotatable bonds is 0. The van der Waals surface area contributed by atoms with Crippen LogP contribution < -0.4 is 0 Å². The molecule has 2 nitrogen and oxygen atoms in total. The van der Waals surface area contributed by atoms with Crippen LogP contribution in [0.25, 0.3) is 0 Å². The first-order chi connectivity index (χ1) is 5.71. The summed E-state index contributed by atoms with van der Waals surface area (Å²) in [4.78, 5) is 4.47. The third-order valence-electron chi connectivity index (χ3n) is 2.19. The molecule has 0 saturated heterocycles. The zero-order chi connectivity index (χ0) is 10.3. The summed E-state index contributed by atoms with van der Waals surface area (Å²) in [6.07, 6.45) is 4.26. The summed E-state index contributed by atoms with van der Waals surface area (Å²) in [5.41, 5.74) is 0.354. The molecular formula is C10H20BN2. The zero-order valence-electron chi connectivity index (χ0n) is 9.63. The van der Waals surface area contributed by atoms with Gasteiger partial charge in [0.25, 0.3) is 0 Å². The van der Waals surface area contributed by atoms with E-state index in [1.54, 1.807) is 0 Å². The van der Waals surface area contributed by atoms with E-state index in [0.717, 1.165) is 0 Å². The van der Waals surface area contributed by atoms with Gasteiger partial charge in [-0.25, -0.2) is 0 Å². The maximum Gasteiger partial charge on any atom is 0.391 e. The smallest absolute Gasteiger partial charge is 0.391 e. The van der Waals surface area contributed by atoms with Crippen LogP contribution in [0, 0.1) is 0 Å². The number of hydrogen-bond acceptors (Lipinski definition) is 2. The van der Waals surface area contributed by atoms with Gasteiger partial charge in [-0.15, -0.1) is 0 Å². The van der Waals surface area contributed by atoms with Crippen molar-refractivity contribution in [2.75, 3.05) is 0 Å². The molecule has 3 heteroatoms. The maximum atomic E-state index is 2.23. The molecule has 1 radical (unpaired) electrons. The van der Waals surface area contributed by atoms with Crippen LogP contribution in [0.1, 0.15) is 41.5 Å². The molecule has 0 fully saturated rings. The fraction of sp³-hybridized carbons (Fsp3) is 0.800. The first-order valence-corrected chi connectivity index (χ1v) is 4.81. The molecule has 0 atom stereocenters. The molecule has 0 spiro atoms. The van der Waals surface area contributed by atoms with Gasteiger partial charge in [0.1, 0.15) is 0 Å². The minimum absolute atomic E-state index is 0.177. The van der Waals surface area contributed by atoms with E-state index in [-0.39, 0.29) is 11.1 Å². The molecule has 0 bridgehead atoms.